The van der Waals surface area contributed by atoms with Crippen LogP contribution >= 0.6 is 0 Å². The monoisotopic (exact) mass is 289 g/mol. The molecule has 0 saturated carbocycles. The second kappa shape index (κ2) is 6.10. The fourth-order valence-corrected chi connectivity index (χ4v) is 2.43. The summed E-state index contributed by atoms with van der Waals surface area (Å²) < 4.78 is 61.1. The molecule has 0 fully saturated rings. The standard InChI is InChI=1S/C8H19NO6S2/c1-9(2,5-3-7-16(10,11)12)6-4-8-17(13,14)15/h3-8H2,1-2H3,(H-,10,11,12,13,14,15). The van der Waals surface area contributed by atoms with Crippen molar-refractivity contribution < 1.29 is 30.4 Å². The van der Waals surface area contributed by atoms with Crippen molar-refractivity contribution in [1.82, 2.24) is 0 Å². The van der Waals surface area contributed by atoms with Gasteiger partial charge in [-0.3, -0.25) is 4.55 Å². The maximum atomic E-state index is 10.5. The van der Waals surface area contributed by atoms with E-state index in [2.05, 4.69) is 0 Å². The van der Waals surface area contributed by atoms with Gasteiger partial charge >= 0.3 is 0 Å². The van der Waals surface area contributed by atoms with Crippen LogP contribution in [-0.2, 0) is 20.2 Å². The van der Waals surface area contributed by atoms with Crippen molar-refractivity contribution >= 4 is 20.2 Å². The predicted molar refractivity (Wildman–Crippen MR) is 62.1 cm³/mol. The van der Waals surface area contributed by atoms with E-state index in [1.165, 1.54) is 0 Å². The van der Waals surface area contributed by atoms with Gasteiger partial charge in [0, 0.05) is 18.6 Å². The number of hydrogen-bond donors (Lipinski definition) is 1. The van der Waals surface area contributed by atoms with E-state index in [4.69, 9.17) is 4.55 Å². The molecule has 0 heterocycles. The minimum atomic E-state index is -4.19. The normalized spacial score (nSPS) is 13.9. The van der Waals surface area contributed by atoms with Crippen molar-refractivity contribution in [3.8, 4) is 0 Å². The highest BCUT2D eigenvalue weighted by atomic mass is 32.2. The Morgan fingerprint density at radius 2 is 1.41 bits per heavy atom. The Kier molecular flexibility index (Phi) is 6.02. The zero-order valence-electron chi connectivity index (χ0n) is 9.99. The van der Waals surface area contributed by atoms with Crippen LogP contribution in [0.5, 0.6) is 0 Å². The van der Waals surface area contributed by atoms with E-state index in [1.807, 2.05) is 0 Å². The van der Waals surface area contributed by atoms with Gasteiger partial charge in [0.25, 0.3) is 10.1 Å². The lowest BCUT2D eigenvalue weighted by Crippen LogP contribution is -2.42. The van der Waals surface area contributed by atoms with E-state index in [0.717, 1.165) is 0 Å². The molecule has 0 unspecified atom stereocenters. The smallest absolute Gasteiger partial charge is 0.265 e. The molecule has 1 N–H and O–H groups in total. The Bertz CT molecular complexity index is 385. The molecule has 0 aliphatic heterocycles. The van der Waals surface area contributed by atoms with E-state index < -0.39 is 26.0 Å². The topological polar surface area (TPSA) is 112 Å². The molecule has 0 bridgehead atoms. The molecule has 9 heteroatoms. The molecule has 0 saturated heterocycles. The Hall–Kier alpha value is -0.220. The average Bonchev–Trinajstić information content (AvgIpc) is 1.96. The Morgan fingerprint density at radius 1 is 1.00 bits per heavy atom. The minimum Gasteiger partial charge on any atom is -0.748 e. The number of rotatable bonds is 8. The highest BCUT2D eigenvalue weighted by molar-refractivity contribution is 7.85. The van der Waals surface area contributed by atoms with E-state index in [9.17, 15) is 21.4 Å². The molecule has 0 aliphatic rings. The van der Waals surface area contributed by atoms with Gasteiger partial charge < -0.3 is 9.04 Å². The molecule has 0 amide bonds. The van der Waals surface area contributed by atoms with Gasteiger partial charge in [-0.05, 0) is 0 Å². The van der Waals surface area contributed by atoms with Gasteiger partial charge in [-0.2, -0.15) is 8.42 Å². The van der Waals surface area contributed by atoms with Gasteiger partial charge in [0.1, 0.15) is 0 Å². The van der Waals surface area contributed by atoms with Gasteiger partial charge in [0.2, 0.25) is 0 Å². The summed E-state index contributed by atoms with van der Waals surface area (Å²) in [6, 6.07) is 0. The molecule has 0 radical (unpaired) electrons. The highest BCUT2D eigenvalue weighted by Crippen LogP contribution is 2.03. The molecular weight excluding hydrogens is 270 g/mol. The van der Waals surface area contributed by atoms with Crippen molar-refractivity contribution in [2.24, 2.45) is 0 Å². The largest absolute Gasteiger partial charge is 0.748 e. The summed E-state index contributed by atoms with van der Waals surface area (Å²) in [5.74, 6) is -0.721. The summed E-state index contributed by atoms with van der Waals surface area (Å²) in [5, 5.41) is 0. The zero-order chi connectivity index (χ0) is 13.7. The van der Waals surface area contributed by atoms with Crippen LogP contribution in [0.1, 0.15) is 12.8 Å². The minimum absolute atomic E-state index is 0.241. The average molecular weight is 289 g/mol. The van der Waals surface area contributed by atoms with Crippen LogP contribution in [0.3, 0.4) is 0 Å². The second-order valence-electron chi connectivity index (χ2n) is 4.64. The first-order valence-electron chi connectivity index (χ1n) is 5.12. The number of hydrogen-bond acceptors (Lipinski definition) is 5. The molecule has 0 rings (SSSR count). The first-order chi connectivity index (χ1) is 7.41. The third-order valence-electron chi connectivity index (χ3n) is 2.32. The quantitative estimate of drug-likeness (QED) is 0.466. The van der Waals surface area contributed by atoms with E-state index in [0.29, 0.717) is 17.6 Å². The van der Waals surface area contributed by atoms with E-state index in [-0.39, 0.29) is 18.6 Å². The third kappa shape index (κ3) is 12.0. The molecule has 0 spiro atoms. The lowest BCUT2D eigenvalue weighted by atomic mass is 10.3. The summed E-state index contributed by atoms with van der Waals surface area (Å²) in [7, 11) is -4.52. The van der Waals surface area contributed by atoms with Gasteiger partial charge in [-0.1, -0.05) is 0 Å². The lowest BCUT2D eigenvalue weighted by molar-refractivity contribution is -0.890. The summed E-state index contributed by atoms with van der Waals surface area (Å²) in [6.07, 6.45) is 0.528. The summed E-state index contributed by atoms with van der Waals surface area (Å²) >= 11 is 0. The van der Waals surface area contributed by atoms with Crippen molar-refractivity contribution in [3.05, 3.63) is 0 Å². The first-order valence-corrected chi connectivity index (χ1v) is 8.31. The fraction of sp³-hybridized carbons (Fsp3) is 1.00. The van der Waals surface area contributed by atoms with Crippen LogP contribution in [-0.4, -0.2) is 69.1 Å². The molecule has 0 aromatic heterocycles. The Morgan fingerprint density at radius 3 is 1.76 bits per heavy atom. The molecule has 0 aromatic rings. The predicted octanol–water partition coefficient (Wildman–Crippen LogP) is -0.724. The maximum Gasteiger partial charge on any atom is 0.265 e. The van der Waals surface area contributed by atoms with Gasteiger partial charge in [-0.25, -0.2) is 8.42 Å². The zero-order valence-corrected chi connectivity index (χ0v) is 11.6. The molecule has 0 atom stereocenters. The van der Waals surface area contributed by atoms with Crippen molar-refractivity contribution in [2.45, 2.75) is 12.8 Å². The molecular formula is C8H19NO6S2. The van der Waals surface area contributed by atoms with E-state index in [1.54, 1.807) is 14.1 Å². The summed E-state index contributed by atoms with van der Waals surface area (Å²) in [5.41, 5.74) is 0. The van der Waals surface area contributed by atoms with Crippen LogP contribution in [0.2, 0.25) is 0 Å². The van der Waals surface area contributed by atoms with Crippen LogP contribution in [0.4, 0.5) is 0 Å². The molecule has 17 heavy (non-hydrogen) atoms. The van der Waals surface area contributed by atoms with Crippen LogP contribution in [0.15, 0.2) is 0 Å². The van der Waals surface area contributed by atoms with Crippen molar-refractivity contribution in [1.29, 1.82) is 0 Å². The Balaban J connectivity index is 3.96. The summed E-state index contributed by atoms with van der Waals surface area (Å²) in [6.45, 7) is 0.950. The third-order valence-corrected chi connectivity index (χ3v) is 3.92. The molecule has 0 aromatic carbocycles. The second-order valence-corrected chi connectivity index (χ2v) is 7.73. The van der Waals surface area contributed by atoms with Gasteiger partial charge in [-0.15, -0.1) is 0 Å². The Labute approximate surface area is 103 Å². The fourth-order valence-electron chi connectivity index (χ4n) is 1.46. The van der Waals surface area contributed by atoms with Crippen LogP contribution in [0, 0.1) is 0 Å². The van der Waals surface area contributed by atoms with Crippen LogP contribution < -0.4 is 0 Å². The summed E-state index contributed by atoms with van der Waals surface area (Å²) in [4.78, 5) is 0. The maximum absolute atomic E-state index is 10.5. The van der Waals surface area contributed by atoms with Crippen molar-refractivity contribution in [2.75, 3.05) is 38.7 Å². The molecule has 104 valence electrons. The van der Waals surface area contributed by atoms with E-state index >= 15 is 0 Å². The van der Waals surface area contributed by atoms with Gasteiger partial charge in [0.05, 0.1) is 43.1 Å². The first kappa shape index (κ1) is 16.8. The molecule has 0 aliphatic carbocycles. The van der Waals surface area contributed by atoms with Crippen molar-refractivity contribution in [3.63, 3.8) is 0 Å². The van der Waals surface area contributed by atoms with Gasteiger partial charge in [0.15, 0.2) is 0 Å². The lowest BCUT2D eigenvalue weighted by Gasteiger charge is -2.29. The number of quaternary nitrogens is 1. The number of nitrogens with zero attached hydrogens (tertiary/aromatic N) is 1. The molecule has 7 nitrogen and oxygen atoms in total. The highest BCUT2D eigenvalue weighted by Gasteiger charge is 2.16. The van der Waals surface area contributed by atoms with Crippen LogP contribution in [0.25, 0.3) is 0 Å². The SMILES string of the molecule is C[N+](C)(CCCS(=O)(=O)[O-])CCCS(=O)(=O)O.